The summed E-state index contributed by atoms with van der Waals surface area (Å²) in [6.07, 6.45) is 1.88. The summed E-state index contributed by atoms with van der Waals surface area (Å²) in [4.78, 5) is 2.07. The lowest BCUT2D eigenvalue weighted by atomic mass is 10.1. The minimum absolute atomic E-state index is 0.129. The molecule has 0 aliphatic carbocycles. The highest BCUT2D eigenvalue weighted by Crippen LogP contribution is 2.28. The summed E-state index contributed by atoms with van der Waals surface area (Å²) < 4.78 is 14.0. The van der Waals surface area contributed by atoms with Crippen LogP contribution in [0.2, 0.25) is 0 Å². The maximum Gasteiger partial charge on any atom is 0.146 e. The zero-order chi connectivity index (χ0) is 12.3. The molecule has 0 amide bonds. The molecular weight excluding hydrogens is 235 g/mol. The average molecular weight is 254 g/mol. The SMILES string of the molecule is CN(c1ccc(CCN)cc1F)C1CCSC1. The molecule has 1 saturated heterocycles. The first-order chi connectivity index (χ1) is 8.22. The van der Waals surface area contributed by atoms with Crippen molar-refractivity contribution < 1.29 is 4.39 Å². The lowest BCUT2D eigenvalue weighted by Gasteiger charge is -2.26. The molecule has 0 radical (unpaired) electrons. The molecule has 1 aliphatic heterocycles. The van der Waals surface area contributed by atoms with Crippen molar-refractivity contribution in [1.82, 2.24) is 0 Å². The van der Waals surface area contributed by atoms with Crippen LogP contribution in [-0.2, 0) is 6.42 Å². The fourth-order valence-electron chi connectivity index (χ4n) is 2.18. The van der Waals surface area contributed by atoms with Crippen molar-refractivity contribution in [3.8, 4) is 0 Å². The van der Waals surface area contributed by atoms with E-state index in [9.17, 15) is 4.39 Å². The van der Waals surface area contributed by atoms with Crippen LogP contribution < -0.4 is 10.6 Å². The van der Waals surface area contributed by atoms with Crippen LogP contribution in [0, 0.1) is 5.82 Å². The fourth-order valence-corrected chi connectivity index (χ4v) is 3.45. The van der Waals surface area contributed by atoms with E-state index in [0.717, 1.165) is 24.2 Å². The number of thioether (sulfide) groups is 1. The summed E-state index contributed by atoms with van der Waals surface area (Å²) in [5, 5.41) is 0. The molecule has 2 nitrogen and oxygen atoms in total. The molecule has 0 aromatic heterocycles. The molecule has 1 unspecified atom stereocenters. The van der Waals surface area contributed by atoms with Gasteiger partial charge in [0.05, 0.1) is 5.69 Å². The summed E-state index contributed by atoms with van der Waals surface area (Å²) in [6, 6.07) is 5.93. The lowest BCUT2D eigenvalue weighted by Crippen LogP contribution is -2.31. The van der Waals surface area contributed by atoms with Gasteiger partial charge in [0.1, 0.15) is 5.82 Å². The Morgan fingerprint density at radius 1 is 1.53 bits per heavy atom. The molecule has 4 heteroatoms. The van der Waals surface area contributed by atoms with E-state index in [1.807, 2.05) is 30.9 Å². The van der Waals surface area contributed by atoms with E-state index in [1.165, 1.54) is 5.75 Å². The van der Waals surface area contributed by atoms with Crippen molar-refractivity contribution in [2.45, 2.75) is 18.9 Å². The molecule has 94 valence electrons. The number of benzene rings is 1. The van der Waals surface area contributed by atoms with Gasteiger partial charge in [-0.3, -0.25) is 0 Å². The molecule has 0 spiro atoms. The number of nitrogens with zero attached hydrogens (tertiary/aromatic N) is 1. The van der Waals surface area contributed by atoms with Crippen LogP contribution in [0.25, 0.3) is 0 Å². The Labute approximate surface area is 106 Å². The molecule has 2 rings (SSSR count). The molecule has 0 bridgehead atoms. The summed E-state index contributed by atoms with van der Waals surface area (Å²) in [5.74, 6) is 2.15. The first-order valence-electron chi connectivity index (χ1n) is 6.01. The minimum atomic E-state index is -0.129. The number of rotatable bonds is 4. The summed E-state index contributed by atoms with van der Waals surface area (Å²) in [5.41, 5.74) is 7.15. The maximum atomic E-state index is 14.0. The molecule has 1 aromatic carbocycles. The van der Waals surface area contributed by atoms with E-state index in [4.69, 9.17) is 5.73 Å². The molecule has 17 heavy (non-hydrogen) atoms. The van der Waals surface area contributed by atoms with Gasteiger partial charge in [0.25, 0.3) is 0 Å². The van der Waals surface area contributed by atoms with Crippen molar-refractivity contribution >= 4 is 17.4 Å². The van der Waals surface area contributed by atoms with Gasteiger partial charge in [-0.1, -0.05) is 6.07 Å². The van der Waals surface area contributed by atoms with Gasteiger partial charge in [-0.2, -0.15) is 11.8 Å². The van der Waals surface area contributed by atoms with E-state index in [0.29, 0.717) is 18.3 Å². The Hall–Kier alpha value is -0.740. The molecule has 1 aromatic rings. The molecular formula is C13H19FN2S. The first-order valence-corrected chi connectivity index (χ1v) is 7.17. The molecule has 1 aliphatic rings. The van der Waals surface area contributed by atoms with Crippen molar-refractivity contribution in [2.75, 3.05) is 30.0 Å². The second-order valence-electron chi connectivity index (χ2n) is 4.45. The number of anilines is 1. The molecule has 0 saturated carbocycles. The van der Waals surface area contributed by atoms with Gasteiger partial charge in [-0.15, -0.1) is 0 Å². The number of nitrogens with two attached hydrogens (primary N) is 1. The average Bonchev–Trinajstić information content (AvgIpc) is 2.82. The smallest absolute Gasteiger partial charge is 0.146 e. The second kappa shape index (κ2) is 5.74. The van der Waals surface area contributed by atoms with Crippen LogP contribution in [0.3, 0.4) is 0 Å². The van der Waals surface area contributed by atoms with Gasteiger partial charge in [0.15, 0.2) is 0 Å². The topological polar surface area (TPSA) is 29.3 Å². The quantitative estimate of drug-likeness (QED) is 0.893. The van der Waals surface area contributed by atoms with Crippen molar-refractivity contribution in [1.29, 1.82) is 0 Å². The highest BCUT2D eigenvalue weighted by molar-refractivity contribution is 7.99. The third-order valence-electron chi connectivity index (χ3n) is 3.28. The standard InChI is InChI=1S/C13H19FN2S/c1-16(11-5-7-17-9-11)13-3-2-10(4-6-15)8-12(13)14/h2-3,8,11H,4-7,9,15H2,1H3. The first kappa shape index (κ1) is 12.7. The molecule has 1 atom stereocenters. The van der Waals surface area contributed by atoms with Gasteiger partial charge >= 0.3 is 0 Å². The van der Waals surface area contributed by atoms with Crippen LogP contribution in [0.15, 0.2) is 18.2 Å². The molecule has 2 N–H and O–H groups in total. The van der Waals surface area contributed by atoms with Crippen molar-refractivity contribution in [2.24, 2.45) is 5.73 Å². The Morgan fingerprint density at radius 2 is 2.35 bits per heavy atom. The third-order valence-corrected chi connectivity index (χ3v) is 4.42. The van der Waals surface area contributed by atoms with E-state index in [2.05, 4.69) is 4.90 Å². The van der Waals surface area contributed by atoms with Crippen LogP contribution in [0.1, 0.15) is 12.0 Å². The lowest BCUT2D eigenvalue weighted by molar-refractivity contribution is 0.605. The zero-order valence-electron chi connectivity index (χ0n) is 10.2. The van der Waals surface area contributed by atoms with Gasteiger partial charge in [0.2, 0.25) is 0 Å². The minimum Gasteiger partial charge on any atom is -0.368 e. The van der Waals surface area contributed by atoms with Gasteiger partial charge < -0.3 is 10.6 Å². The van der Waals surface area contributed by atoms with Gasteiger partial charge in [-0.25, -0.2) is 4.39 Å². The van der Waals surface area contributed by atoms with E-state index < -0.39 is 0 Å². The van der Waals surface area contributed by atoms with Crippen molar-refractivity contribution in [3.63, 3.8) is 0 Å². The second-order valence-corrected chi connectivity index (χ2v) is 5.60. The van der Waals surface area contributed by atoms with Crippen LogP contribution >= 0.6 is 11.8 Å². The van der Waals surface area contributed by atoms with Crippen LogP contribution in [0.5, 0.6) is 0 Å². The Balaban J connectivity index is 2.14. The fraction of sp³-hybridized carbons (Fsp3) is 0.538. The Morgan fingerprint density at radius 3 is 2.94 bits per heavy atom. The maximum absolute atomic E-state index is 14.0. The highest BCUT2D eigenvalue weighted by atomic mass is 32.2. The summed E-state index contributed by atoms with van der Waals surface area (Å²) >= 11 is 1.94. The number of hydrogen-bond donors (Lipinski definition) is 1. The van der Waals surface area contributed by atoms with Gasteiger partial charge in [-0.05, 0) is 42.8 Å². The van der Waals surface area contributed by atoms with E-state index >= 15 is 0 Å². The predicted octanol–water partition coefficient (Wildman–Crippen LogP) is 2.27. The third kappa shape index (κ3) is 2.93. The number of hydrogen-bond acceptors (Lipinski definition) is 3. The molecule has 1 fully saturated rings. The van der Waals surface area contributed by atoms with Crippen LogP contribution in [0.4, 0.5) is 10.1 Å². The van der Waals surface area contributed by atoms with Crippen LogP contribution in [-0.4, -0.2) is 31.1 Å². The van der Waals surface area contributed by atoms with E-state index in [1.54, 1.807) is 6.07 Å². The van der Waals surface area contributed by atoms with E-state index in [-0.39, 0.29) is 5.82 Å². The Kier molecular flexibility index (Phi) is 4.29. The van der Waals surface area contributed by atoms with Crippen molar-refractivity contribution in [3.05, 3.63) is 29.6 Å². The summed E-state index contributed by atoms with van der Waals surface area (Å²) in [6.45, 7) is 0.563. The zero-order valence-corrected chi connectivity index (χ0v) is 11.0. The molecule has 1 heterocycles. The highest BCUT2D eigenvalue weighted by Gasteiger charge is 2.22. The Bertz CT molecular complexity index is 378. The summed E-state index contributed by atoms with van der Waals surface area (Å²) in [7, 11) is 1.98. The normalized spacial score (nSPS) is 19.6. The van der Waals surface area contributed by atoms with Gasteiger partial charge in [0, 0.05) is 18.8 Å². The monoisotopic (exact) mass is 254 g/mol. The number of halogens is 1. The largest absolute Gasteiger partial charge is 0.368 e. The predicted molar refractivity (Wildman–Crippen MR) is 73.3 cm³/mol.